The van der Waals surface area contributed by atoms with Crippen molar-refractivity contribution in [1.29, 1.82) is 0 Å². The molecular formula is C26H31F2Si. The second-order valence-corrected chi connectivity index (χ2v) is 9.71. The van der Waals surface area contributed by atoms with Gasteiger partial charge < -0.3 is 0 Å². The Morgan fingerprint density at radius 3 is 2.03 bits per heavy atom. The van der Waals surface area contributed by atoms with Crippen molar-refractivity contribution in [3.8, 4) is 11.1 Å². The third kappa shape index (κ3) is 4.65. The van der Waals surface area contributed by atoms with Crippen LogP contribution in [0.15, 0.2) is 36.4 Å². The summed E-state index contributed by atoms with van der Waals surface area (Å²) in [6, 6.07) is 11.7. The maximum Gasteiger partial charge on any atom is 0.131 e. The van der Waals surface area contributed by atoms with E-state index in [4.69, 9.17) is 0 Å². The summed E-state index contributed by atoms with van der Waals surface area (Å²) in [5, 5.41) is 0. The van der Waals surface area contributed by atoms with Gasteiger partial charge in [0.05, 0.1) is 0 Å². The molecule has 2 aliphatic rings. The maximum atomic E-state index is 14.8. The van der Waals surface area contributed by atoms with E-state index < -0.39 is 0 Å². The van der Waals surface area contributed by atoms with Gasteiger partial charge in [-0.2, -0.15) is 0 Å². The fourth-order valence-electron chi connectivity index (χ4n) is 5.57. The molecule has 0 heterocycles. The first-order valence-electron chi connectivity index (χ1n) is 11.3. The van der Waals surface area contributed by atoms with Crippen LogP contribution in [0.3, 0.4) is 0 Å². The largest absolute Gasteiger partial charge is 0.207 e. The molecule has 153 valence electrons. The maximum absolute atomic E-state index is 14.8. The van der Waals surface area contributed by atoms with Gasteiger partial charge in [-0.25, -0.2) is 8.78 Å². The van der Waals surface area contributed by atoms with Crippen LogP contribution in [0, 0.1) is 36.3 Å². The average Bonchev–Trinajstić information content (AvgIpc) is 2.76. The van der Waals surface area contributed by atoms with Gasteiger partial charge in [-0.05, 0) is 97.9 Å². The van der Waals surface area contributed by atoms with Crippen molar-refractivity contribution in [2.24, 2.45) is 17.8 Å². The van der Waals surface area contributed by atoms with Gasteiger partial charge in [0.1, 0.15) is 11.6 Å². The highest BCUT2D eigenvalue weighted by Crippen LogP contribution is 2.44. The lowest BCUT2D eigenvalue weighted by Gasteiger charge is -2.38. The minimum atomic E-state index is -0.283. The Morgan fingerprint density at radius 1 is 0.793 bits per heavy atom. The smallest absolute Gasteiger partial charge is 0.131 e. The Morgan fingerprint density at radius 2 is 1.45 bits per heavy atom. The summed E-state index contributed by atoms with van der Waals surface area (Å²) in [7, 11) is 3.69. The van der Waals surface area contributed by atoms with Crippen LogP contribution in [0.4, 0.5) is 8.78 Å². The molecule has 0 amide bonds. The van der Waals surface area contributed by atoms with Gasteiger partial charge in [0.25, 0.3) is 0 Å². The molecule has 2 aromatic carbocycles. The minimum Gasteiger partial charge on any atom is -0.207 e. The predicted octanol–water partition coefficient (Wildman–Crippen LogP) is 7.61. The van der Waals surface area contributed by atoms with Crippen molar-refractivity contribution in [2.75, 3.05) is 0 Å². The molecule has 2 aliphatic carbocycles. The normalized spacial score (nSPS) is 27.7. The molecule has 4 rings (SSSR count). The lowest BCUT2D eigenvalue weighted by Crippen LogP contribution is -2.25. The van der Waals surface area contributed by atoms with Crippen LogP contribution >= 0.6 is 0 Å². The zero-order chi connectivity index (χ0) is 20.4. The number of hydrogen-bond donors (Lipinski definition) is 0. The van der Waals surface area contributed by atoms with Crippen molar-refractivity contribution in [2.45, 2.75) is 70.3 Å². The average molecular weight is 410 g/mol. The Kier molecular flexibility index (Phi) is 6.53. The van der Waals surface area contributed by atoms with Crippen LogP contribution in [0.2, 0.25) is 6.04 Å². The fraction of sp³-hybridized carbons (Fsp3) is 0.538. The number of rotatable bonds is 4. The molecule has 0 nitrogen and oxygen atoms in total. The molecule has 0 unspecified atom stereocenters. The summed E-state index contributed by atoms with van der Waals surface area (Å²) >= 11 is 0. The van der Waals surface area contributed by atoms with Crippen molar-refractivity contribution in [3.63, 3.8) is 0 Å². The van der Waals surface area contributed by atoms with E-state index in [2.05, 4.69) is 16.3 Å². The van der Waals surface area contributed by atoms with E-state index in [9.17, 15) is 8.78 Å². The van der Waals surface area contributed by atoms with Crippen LogP contribution in [-0.2, 0) is 0 Å². The van der Waals surface area contributed by atoms with Gasteiger partial charge in [0.15, 0.2) is 0 Å². The standard InChI is InChI=1S/C26H31F2Si/c1-17-2-5-23(15-25(17)27)24-13-12-22(14-26(24)28)21-10-8-20(9-11-21)19-6-3-18(16-29)4-7-19/h2,5,12-15,18-21H,3-4,6-11,16H2,1H3. The second-order valence-electron chi connectivity index (χ2n) is 9.30. The number of hydrogen-bond acceptors (Lipinski definition) is 0. The third-order valence-corrected chi connectivity index (χ3v) is 8.14. The molecule has 0 aromatic heterocycles. The second kappa shape index (κ2) is 9.12. The van der Waals surface area contributed by atoms with E-state index >= 15 is 0 Å². The van der Waals surface area contributed by atoms with Gasteiger partial charge in [-0.1, -0.05) is 43.2 Å². The molecule has 0 aliphatic heterocycles. The molecule has 3 radical (unpaired) electrons. The number of benzene rings is 2. The highest BCUT2D eigenvalue weighted by Gasteiger charge is 2.31. The van der Waals surface area contributed by atoms with Gasteiger partial charge in [0.2, 0.25) is 0 Å². The molecule has 0 atom stereocenters. The topological polar surface area (TPSA) is 0 Å². The van der Waals surface area contributed by atoms with E-state index in [-0.39, 0.29) is 11.6 Å². The highest BCUT2D eigenvalue weighted by atomic mass is 28.1. The Hall–Kier alpha value is -1.48. The molecule has 3 heteroatoms. The summed E-state index contributed by atoms with van der Waals surface area (Å²) in [6.07, 6.45) is 10.4. The lowest BCUT2D eigenvalue weighted by atomic mass is 9.68. The fourth-order valence-corrected chi connectivity index (χ4v) is 5.98. The summed E-state index contributed by atoms with van der Waals surface area (Å²) in [6.45, 7) is 1.72. The first-order chi connectivity index (χ1) is 14.0. The molecule has 2 aromatic rings. The molecule has 0 spiro atoms. The van der Waals surface area contributed by atoms with Gasteiger partial charge in [-0.3, -0.25) is 0 Å². The van der Waals surface area contributed by atoms with Crippen LogP contribution in [0.1, 0.15) is 68.4 Å². The van der Waals surface area contributed by atoms with Crippen molar-refractivity contribution in [3.05, 3.63) is 59.2 Å². The molecule has 0 bridgehead atoms. The summed E-state index contributed by atoms with van der Waals surface area (Å²) < 4.78 is 28.7. The van der Waals surface area contributed by atoms with Gasteiger partial charge in [0, 0.05) is 15.8 Å². The van der Waals surface area contributed by atoms with Crippen LogP contribution in [0.25, 0.3) is 11.1 Å². The van der Waals surface area contributed by atoms with Crippen LogP contribution < -0.4 is 0 Å². The minimum absolute atomic E-state index is 0.235. The van der Waals surface area contributed by atoms with E-state index in [0.717, 1.165) is 29.4 Å². The molecule has 0 saturated heterocycles. The Balaban J connectivity index is 1.39. The monoisotopic (exact) mass is 409 g/mol. The lowest BCUT2D eigenvalue weighted by molar-refractivity contribution is 0.165. The van der Waals surface area contributed by atoms with Crippen LogP contribution in [-0.4, -0.2) is 10.2 Å². The van der Waals surface area contributed by atoms with Crippen molar-refractivity contribution >= 4 is 10.2 Å². The van der Waals surface area contributed by atoms with E-state index in [0.29, 0.717) is 22.6 Å². The quantitative estimate of drug-likeness (QED) is 0.456. The molecule has 2 fully saturated rings. The Labute approximate surface area is 177 Å². The summed E-state index contributed by atoms with van der Waals surface area (Å²) in [5.74, 6) is 2.59. The first kappa shape index (κ1) is 20.8. The highest BCUT2D eigenvalue weighted by molar-refractivity contribution is 6.08. The Bertz CT molecular complexity index is 831. The summed E-state index contributed by atoms with van der Waals surface area (Å²) in [5.41, 5.74) is 2.80. The van der Waals surface area contributed by atoms with Gasteiger partial charge >= 0.3 is 0 Å². The van der Waals surface area contributed by atoms with Crippen molar-refractivity contribution in [1.82, 2.24) is 0 Å². The predicted molar refractivity (Wildman–Crippen MR) is 117 cm³/mol. The van der Waals surface area contributed by atoms with Crippen LogP contribution in [0.5, 0.6) is 0 Å². The third-order valence-electron chi connectivity index (χ3n) is 7.57. The van der Waals surface area contributed by atoms with Crippen molar-refractivity contribution < 1.29 is 8.78 Å². The number of halogens is 2. The molecule has 0 N–H and O–H groups in total. The molecular weight excluding hydrogens is 378 g/mol. The zero-order valence-corrected chi connectivity index (χ0v) is 18.4. The van der Waals surface area contributed by atoms with Gasteiger partial charge in [-0.15, -0.1) is 0 Å². The van der Waals surface area contributed by atoms with E-state index in [1.807, 2.05) is 6.07 Å². The first-order valence-corrected chi connectivity index (χ1v) is 12.0. The molecule has 2 saturated carbocycles. The van der Waals surface area contributed by atoms with E-state index in [1.165, 1.54) is 57.4 Å². The molecule has 29 heavy (non-hydrogen) atoms. The number of aryl methyl sites for hydroxylation is 1. The SMILES string of the molecule is Cc1ccc(-c2ccc(C3CCC(C4CCC(C[Si])CC4)CC3)cc2F)cc1F. The summed E-state index contributed by atoms with van der Waals surface area (Å²) in [4.78, 5) is 0. The zero-order valence-electron chi connectivity index (χ0n) is 17.4. The van der Waals surface area contributed by atoms with E-state index in [1.54, 1.807) is 25.1 Å².